The number of aromatic nitrogens is 3. The highest BCUT2D eigenvalue weighted by Crippen LogP contribution is 2.28. The number of halogens is 3. The van der Waals surface area contributed by atoms with Crippen LogP contribution in [-0.2, 0) is 14.3 Å². The number of nitrogens with zero attached hydrogens (tertiary/aromatic N) is 3. The summed E-state index contributed by atoms with van der Waals surface area (Å²) in [6, 6.07) is 17.5. The van der Waals surface area contributed by atoms with Crippen LogP contribution in [0, 0.1) is 17.5 Å². The van der Waals surface area contributed by atoms with Crippen LogP contribution in [-0.4, -0.2) is 39.0 Å². The number of hydrogen-bond acceptors (Lipinski definition) is 6. The van der Waals surface area contributed by atoms with Crippen molar-refractivity contribution in [3.63, 3.8) is 0 Å². The lowest BCUT2D eigenvalue weighted by atomic mass is 10.2. The van der Waals surface area contributed by atoms with E-state index in [9.17, 15) is 22.8 Å². The molecule has 4 aromatic rings. The Bertz CT molecular complexity index is 1350. The van der Waals surface area contributed by atoms with Crippen LogP contribution in [0.1, 0.15) is 0 Å². The highest BCUT2D eigenvalue weighted by atomic mass is 32.2. The molecular weight excluding hydrogens is 481 g/mol. The molecule has 0 aliphatic heterocycles. The topological polar surface area (TPSA) is 86.1 Å². The average Bonchev–Trinajstić information content (AvgIpc) is 3.28. The number of thioether (sulfide) groups is 1. The Labute approximate surface area is 201 Å². The molecule has 1 amide bonds. The Morgan fingerprint density at radius 3 is 2.37 bits per heavy atom. The number of ether oxygens (including phenoxy) is 1. The number of benzene rings is 3. The molecule has 0 saturated heterocycles. The van der Waals surface area contributed by atoms with Gasteiger partial charge in [0.2, 0.25) is 0 Å². The molecule has 0 aliphatic rings. The molecule has 1 N–H and O–H groups in total. The number of nitrogens with one attached hydrogen (secondary N) is 1. The summed E-state index contributed by atoms with van der Waals surface area (Å²) in [4.78, 5) is 24.1. The molecule has 7 nitrogen and oxygen atoms in total. The molecule has 0 unspecified atom stereocenters. The van der Waals surface area contributed by atoms with Gasteiger partial charge in [-0.25, -0.2) is 13.2 Å². The van der Waals surface area contributed by atoms with Crippen molar-refractivity contribution < 1.29 is 27.5 Å². The van der Waals surface area contributed by atoms with Crippen LogP contribution in [0.3, 0.4) is 0 Å². The summed E-state index contributed by atoms with van der Waals surface area (Å²) in [5, 5.41) is 10.9. The predicted molar refractivity (Wildman–Crippen MR) is 123 cm³/mol. The molecule has 1 heterocycles. The minimum absolute atomic E-state index is 0.198. The second-order valence-corrected chi connectivity index (χ2v) is 8.05. The van der Waals surface area contributed by atoms with E-state index in [0.717, 1.165) is 35.6 Å². The zero-order valence-electron chi connectivity index (χ0n) is 18.0. The lowest BCUT2D eigenvalue weighted by Gasteiger charge is -2.10. The van der Waals surface area contributed by atoms with Crippen LogP contribution in [0.25, 0.3) is 17.1 Å². The fourth-order valence-electron chi connectivity index (χ4n) is 3.05. The van der Waals surface area contributed by atoms with Crippen molar-refractivity contribution in [3.05, 3.63) is 90.2 Å². The molecule has 0 bridgehead atoms. The van der Waals surface area contributed by atoms with Crippen LogP contribution >= 0.6 is 11.8 Å². The Morgan fingerprint density at radius 1 is 0.914 bits per heavy atom. The molecular formula is C24H17F3N4O3S. The summed E-state index contributed by atoms with van der Waals surface area (Å²) in [5.74, 6) is -3.23. The minimum atomic E-state index is -0.821. The van der Waals surface area contributed by atoms with Gasteiger partial charge in [-0.1, -0.05) is 30.0 Å². The smallest absolute Gasteiger partial charge is 0.316 e. The Kier molecular flexibility index (Phi) is 7.46. The van der Waals surface area contributed by atoms with Crippen molar-refractivity contribution in [2.45, 2.75) is 5.16 Å². The summed E-state index contributed by atoms with van der Waals surface area (Å²) < 4.78 is 46.9. The van der Waals surface area contributed by atoms with E-state index < -0.39 is 30.1 Å². The molecule has 0 aliphatic carbocycles. The first-order chi connectivity index (χ1) is 16.9. The monoisotopic (exact) mass is 498 g/mol. The highest BCUT2D eigenvalue weighted by molar-refractivity contribution is 7.99. The fourth-order valence-corrected chi connectivity index (χ4v) is 3.80. The van der Waals surface area contributed by atoms with Gasteiger partial charge in [0.05, 0.1) is 11.4 Å². The molecule has 11 heteroatoms. The van der Waals surface area contributed by atoms with Gasteiger partial charge >= 0.3 is 5.97 Å². The predicted octanol–water partition coefficient (Wildman–Crippen LogP) is 4.63. The Hall–Kier alpha value is -4.12. The van der Waals surface area contributed by atoms with Crippen molar-refractivity contribution in [1.82, 2.24) is 14.8 Å². The Balaban J connectivity index is 1.42. The summed E-state index contributed by atoms with van der Waals surface area (Å²) in [7, 11) is 0. The molecule has 0 spiro atoms. The zero-order valence-corrected chi connectivity index (χ0v) is 18.8. The lowest BCUT2D eigenvalue weighted by Crippen LogP contribution is -2.22. The number of carbonyl (C=O) groups excluding carboxylic acids is 2. The van der Waals surface area contributed by atoms with Gasteiger partial charge in [-0.2, -0.15) is 0 Å². The van der Waals surface area contributed by atoms with Crippen molar-refractivity contribution in [2.24, 2.45) is 0 Å². The molecule has 35 heavy (non-hydrogen) atoms. The standard InChI is InChI=1S/C24H17F3N4O3S/c25-16-8-6-15(7-9-16)23-29-30-24(31(23)18-4-2-1-3-5-18)35-14-22(33)34-13-21(32)28-20-12-17(26)10-11-19(20)27/h1-12H,13-14H2,(H,28,32). The summed E-state index contributed by atoms with van der Waals surface area (Å²) >= 11 is 1.03. The van der Waals surface area contributed by atoms with Gasteiger partial charge in [0.15, 0.2) is 17.6 Å². The van der Waals surface area contributed by atoms with Gasteiger partial charge in [-0.3, -0.25) is 14.2 Å². The quantitative estimate of drug-likeness (QED) is 0.282. The summed E-state index contributed by atoms with van der Waals surface area (Å²) in [5.41, 5.74) is 0.993. The van der Waals surface area contributed by atoms with E-state index in [2.05, 4.69) is 15.5 Å². The first-order valence-electron chi connectivity index (χ1n) is 10.2. The second-order valence-electron chi connectivity index (χ2n) is 7.11. The van der Waals surface area contributed by atoms with Gasteiger partial charge in [-0.05, 0) is 48.5 Å². The maximum Gasteiger partial charge on any atom is 0.316 e. The second kappa shape index (κ2) is 10.9. The summed E-state index contributed by atoms with van der Waals surface area (Å²) in [6.07, 6.45) is 0. The van der Waals surface area contributed by atoms with Gasteiger partial charge in [-0.15, -0.1) is 10.2 Å². The Morgan fingerprint density at radius 2 is 1.63 bits per heavy atom. The maximum absolute atomic E-state index is 13.6. The van der Waals surface area contributed by atoms with Crippen LogP contribution in [0.5, 0.6) is 0 Å². The van der Waals surface area contributed by atoms with Crippen molar-refractivity contribution in [3.8, 4) is 17.1 Å². The molecule has 178 valence electrons. The molecule has 0 fully saturated rings. The van der Waals surface area contributed by atoms with E-state index in [-0.39, 0.29) is 17.3 Å². The third-order valence-electron chi connectivity index (χ3n) is 4.64. The average molecular weight is 498 g/mol. The maximum atomic E-state index is 13.6. The van der Waals surface area contributed by atoms with E-state index in [1.54, 1.807) is 16.7 Å². The molecule has 0 radical (unpaired) electrons. The van der Waals surface area contributed by atoms with Gasteiger partial charge in [0.1, 0.15) is 17.5 Å². The van der Waals surface area contributed by atoms with Crippen LogP contribution < -0.4 is 5.32 Å². The van der Waals surface area contributed by atoms with Gasteiger partial charge in [0.25, 0.3) is 5.91 Å². The molecule has 0 atom stereocenters. The number of esters is 1. The van der Waals surface area contributed by atoms with Gasteiger partial charge in [0, 0.05) is 17.3 Å². The minimum Gasteiger partial charge on any atom is -0.455 e. The number of carbonyl (C=O) groups is 2. The van der Waals surface area contributed by atoms with E-state index in [0.29, 0.717) is 16.5 Å². The summed E-state index contributed by atoms with van der Waals surface area (Å²) in [6.45, 7) is -0.679. The van der Waals surface area contributed by atoms with E-state index >= 15 is 0 Å². The normalized spacial score (nSPS) is 10.7. The van der Waals surface area contributed by atoms with E-state index in [1.165, 1.54) is 12.1 Å². The van der Waals surface area contributed by atoms with Crippen LogP contribution in [0.2, 0.25) is 0 Å². The molecule has 0 saturated carbocycles. The first kappa shape index (κ1) is 24.0. The van der Waals surface area contributed by atoms with Gasteiger partial charge < -0.3 is 10.1 Å². The SMILES string of the molecule is O=C(COC(=O)CSc1nnc(-c2ccc(F)cc2)n1-c1ccccc1)Nc1cc(F)ccc1F. The fraction of sp³-hybridized carbons (Fsp3) is 0.0833. The number of amides is 1. The van der Waals surface area contributed by atoms with E-state index in [4.69, 9.17) is 4.74 Å². The number of hydrogen-bond donors (Lipinski definition) is 1. The zero-order chi connectivity index (χ0) is 24.8. The molecule has 3 aromatic carbocycles. The van der Waals surface area contributed by atoms with Crippen LogP contribution in [0.4, 0.5) is 18.9 Å². The van der Waals surface area contributed by atoms with Crippen molar-refractivity contribution in [1.29, 1.82) is 0 Å². The van der Waals surface area contributed by atoms with Crippen molar-refractivity contribution >= 4 is 29.3 Å². The molecule has 1 aromatic heterocycles. The van der Waals surface area contributed by atoms with Crippen molar-refractivity contribution in [2.75, 3.05) is 17.7 Å². The number of para-hydroxylation sites is 1. The largest absolute Gasteiger partial charge is 0.455 e. The molecule has 4 rings (SSSR count). The number of rotatable bonds is 8. The first-order valence-corrected chi connectivity index (χ1v) is 11.2. The number of anilines is 1. The van der Waals surface area contributed by atoms with Crippen LogP contribution in [0.15, 0.2) is 78.0 Å². The highest BCUT2D eigenvalue weighted by Gasteiger charge is 2.18. The van der Waals surface area contributed by atoms with E-state index in [1.807, 2.05) is 30.3 Å². The lowest BCUT2D eigenvalue weighted by molar-refractivity contribution is -0.144. The third-order valence-corrected chi connectivity index (χ3v) is 5.54. The third kappa shape index (κ3) is 6.07.